The quantitative estimate of drug-likeness (QED) is 0.266. The van der Waals surface area contributed by atoms with Crippen molar-refractivity contribution in [3.8, 4) is 22.4 Å². The van der Waals surface area contributed by atoms with Crippen LogP contribution in [0.25, 0.3) is 44.3 Å². The lowest BCUT2D eigenvalue weighted by molar-refractivity contribution is 0.642. The molecule has 170 valence electrons. The zero-order valence-electron chi connectivity index (χ0n) is 20.2. The predicted octanol–water partition coefficient (Wildman–Crippen LogP) is 8.95. The molecule has 0 bridgehead atoms. The summed E-state index contributed by atoms with van der Waals surface area (Å²) in [6, 6.07) is 36.0. The summed E-state index contributed by atoms with van der Waals surface area (Å²) in [5.41, 5.74) is 9.61. The van der Waals surface area contributed by atoms with E-state index in [9.17, 15) is 0 Å². The molecule has 0 unspecified atom stereocenters. The second-order valence-electron chi connectivity index (χ2n) is 9.70. The molecule has 2 aromatic heterocycles. The van der Waals surface area contributed by atoms with E-state index in [0.717, 1.165) is 33.4 Å². The van der Waals surface area contributed by atoms with Crippen molar-refractivity contribution in [2.45, 2.75) is 26.2 Å². The Bertz CT molecular complexity index is 1660. The zero-order valence-corrected chi connectivity index (χ0v) is 20.2. The van der Waals surface area contributed by atoms with Crippen LogP contribution in [0.2, 0.25) is 0 Å². The molecule has 0 radical (unpaired) electrons. The Balaban J connectivity index is 1.58. The van der Waals surface area contributed by atoms with Gasteiger partial charge in [-0.3, -0.25) is 4.98 Å². The number of benzene rings is 4. The van der Waals surface area contributed by atoms with Crippen molar-refractivity contribution in [3.05, 3.63) is 126 Å². The lowest BCUT2D eigenvalue weighted by atomic mass is 9.76. The predicted molar refractivity (Wildman–Crippen MR) is 146 cm³/mol. The lowest BCUT2D eigenvalue weighted by Crippen LogP contribution is -2.19. The molecule has 0 aliphatic carbocycles. The van der Waals surface area contributed by atoms with E-state index in [1.54, 1.807) is 0 Å². The van der Waals surface area contributed by atoms with Gasteiger partial charge >= 0.3 is 0 Å². The molecule has 2 heteroatoms. The van der Waals surface area contributed by atoms with Crippen molar-refractivity contribution in [1.29, 1.82) is 0 Å². The standard InChI is InChI=1S/C33H27NO/c1-22-20-29(34-21-27(22)23-12-6-4-7-13-23)25-18-19-28(33(2,3)24-14-8-5-9-15-24)31-26-16-10-11-17-30(26)35-32(25)31/h4-21H,1-3H3. The molecular formula is C33H27NO. The second kappa shape index (κ2) is 8.25. The van der Waals surface area contributed by atoms with Gasteiger partial charge in [0.05, 0.1) is 5.69 Å². The van der Waals surface area contributed by atoms with Gasteiger partial charge in [0, 0.05) is 33.5 Å². The number of fused-ring (bicyclic) bond motifs is 3. The molecule has 0 N–H and O–H groups in total. The Morgan fingerprint density at radius 1 is 0.714 bits per heavy atom. The van der Waals surface area contributed by atoms with E-state index in [2.05, 4.69) is 112 Å². The first-order valence-electron chi connectivity index (χ1n) is 12.1. The van der Waals surface area contributed by atoms with Gasteiger partial charge in [0.15, 0.2) is 0 Å². The first-order chi connectivity index (χ1) is 17.0. The van der Waals surface area contributed by atoms with Gasteiger partial charge in [-0.15, -0.1) is 0 Å². The smallest absolute Gasteiger partial charge is 0.145 e. The first-order valence-corrected chi connectivity index (χ1v) is 12.1. The van der Waals surface area contributed by atoms with Crippen LogP contribution in [0.5, 0.6) is 0 Å². The minimum absolute atomic E-state index is 0.189. The summed E-state index contributed by atoms with van der Waals surface area (Å²) in [5, 5.41) is 2.31. The van der Waals surface area contributed by atoms with Crippen LogP contribution in [0.4, 0.5) is 0 Å². The molecule has 0 aliphatic heterocycles. The Morgan fingerprint density at radius 3 is 2.14 bits per heavy atom. The van der Waals surface area contributed by atoms with Crippen LogP contribution in [-0.2, 0) is 5.41 Å². The van der Waals surface area contributed by atoms with E-state index >= 15 is 0 Å². The SMILES string of the molecule is Cc1cc(-c2ccc(C(C)(C)c3ccccc3)c3c2oc2ccccc23)ncc1-c1ccccc1. The van der Waals surface area contributed by atoms with Crippen molar-refractivity contribution in [1.82, 2.24) is 4.98 Å². The molecule has 4 aromatic carbocycles. The molecule has 0 spiro atoms. The average Bonchev–Trinajstić information content (AvgIpc) is 3.29. The zero-order chi connectivity index (χ0) is 24.0. The maximum absolute atomic E-state index is 6.52. The van der Waals surface area contributed by atoms with Gasteiger partial charge in [0.25, 0.3) is 0 Å². The summed E-state index contributed by atoms with van der Waals surface area (Å²) in [6.45, 7) is 6.72. The Labute approximate surface area is 205 Å². The third kappa shape index (κ3) is 3.54. The summed E-state index contributed by atoms with van der Waals surface area (Å²) in [7, 11) is 0. The highest BCUT2D eigenvalue weighted by Gasteiger charge is 2.28. The van der Waals surface area contributed by atoms with Crippen molar-refractivity contribution in [2.75, 3.05) is 0 Å². The molecule has 0 amide bonds. The van der Waals surface area contributed by atoms with Gasteiger partial charge in [-0.2, -0.15) is 0 Å². The highest BCUT2D eigenvalue weighted by molar-refractivity contribution is 6.11. The molecule has 0 saturated heterocycles. The van der Waals surface area contributed by atoms with Crippen LogP contribution >= 0.6 is 0 Å². The number of furan rings is 1. The Kier molecular flexibility index (Phi) is 5.04. The van der Waals surface area contributed by atoms with E-state index in [4.69, 9.17) is 9.40 Å². The van der Waals surface area contributed by atoms with Gasteiger partial charge in [0.2, 0.25) is 0 Å². The van der Waals surface area contributed by atoms with Crippen molar-refractivity contribution < 1.29 is 4.42 Å². The molecule has 0 atom stereocenters. The largest absolute Gasteiger partial charge is 0.455 e. The van der Waals surface area contributed by atoms with Crippen LogP contribution in [-0.4, -0.2) is 4.98 Å². The van der Waals surface area contributed by atoms with E-state index < -0.39 is 0 Å². The number of aromatic nitrogens is 1. The fourth-order valence-electron chi connectivity index (χ4n) is 5.18. The topological polar surface area (TPSA) is 26.0 Å². The minimum Gasteiger partial charge on any atom is -0.455 e. The average molecular weight is 454 g/mol. The molecular weight excluding hydrogens is 426 g/mol. The number of nitrogens with zero attached hydrogens (tertiary/aromatic N) is 1. The van der Waals surface area contributed by atoms with Gasteiger partial charge in [0.1, 0.15) is 11.2 Å². The monoisotopic (exact) mass is 453 g/mol. The molecule has 0 saturated carbocycles. The lowest BCUT2D eigenvalue weighted by Gasteiger charge is -2.27. The molecule has 2 heterocycles. The molecule has 0 aliphatic rings. The summed E-state index contributed by atoms with van der Waals surface area (Å²) < 4.78 is 6.52. The molecule has 6 rings (SSSR count). The van der Waals surface area contributed by atoms with E-state index in [0.29, 0.717) is 0 Å². The molecule has 2 nitrogen and oxygen atoms in total. The van der Waals surface area contributed by atoms with Crippen molar-refractivity contribution in [2.24, 2.45) is 0 Å². The third-order valence-electron chi connectivity index (χ3n) is 7.17. The van der Waals surface area contributed by atoms with Crippen molar-refractivity contribution >= 4 is 21.9 Å². The van der Waals surface area contributed by atoms with Gasteiger partial charge in [-0.25, -0.2) is 0 Å². The Hall–Kier alpha value is -4.17. The molecule has 35 heavy (non-hydrogen) atoms. The second-order valence-corrected chi connectivity index (χ2v) is 9.70. The first kappa shape index (κ1) is 21.4. The molecule has 6 aromatic rings. The number of rotatable bonds is 4. The van der Waals surface area contributed by atoms with Crippen LogP contribution in [0.15, 0.2) is 114 Å². The third-order valence-corrected chi connectivity index (χ3v) is 7.17. The highest BCUT2D eigenvalue weighted by atomic mass is 16.3. The van der Waals surface area contributed by atoms with Crippen LogP contribution in [0.1, 0.15) is 30.5 Å². The maximum atomic E-state index is 6.52. The van der Waals surface area contributed by atoms with Crippen LogP contribution < -0.4 is 0 Å². The van der Waals surface area contributed by atoms with Crippen LogP contribution in [0.3, 0.4) is 0 Å². The normalized spacial score (nSPS) is 11.9. The van der Waals surface area contributed by atoms with Crippen LogP contribution in [0, 0.1) is 6.92 Å². The maximum Gasteiger partial charge on any atom is 0.145 e. The fourth-order valence-corrected chi connectivity index (χ4v) is 5.18. The highest BCUT2D eigenvalue weighted by Crippen LogP contribution is 2.44. The van der Waals surface area contributed by atoms with E-state index in [-0.39, 0.29) is 5.41 Å². The summed E-state index contributed by atoms with van der Waals surface area (Å²) in [4.78, 5) is 4.90. The van der Waals surface area contributed by atoms with E-state index in [1.165, 1.54) is 27.6 Å². The van der Waals surface area contributed by atoms with Gasteiger partial charge in [-0.05, 0) is 47.4 Å². The number of hydrogen-bond donors (Lipinski definition) is 0. The number of pyridine rings is 1. The number of para-hydroxylation sites is 1. The summed E-state index contributed by atoms with van der Waals surface area (Å²) >= 11 is 0. The summed E-state index contributed by atoms with van der Waals surface area (Å²) in [6.07, 6.45) is 1.98. The Morgan fingerprint density at radius 2 is 1.40 bits per heavy atom. The van der Waals surface area contributed by atoms with Gasteiger partial charge in [-0.1, -0.05) is 98.8 Å². The number of aryl methyl sites for hydroxylation is 1. The summed E-state index contributed by atoms with van der Waals surface area (Å²) in [5.74, 6) is 0. The number of hydrogen-bond acceptors (Lipinski definition) is 2. The fraction of sp³-hybridized carbons (Fsp3) is 0.121. The van der Waals surface area contributed by atoms with Gasteiger partial charge < -0.3 is 4.42 Å². The minimum atomic E-state index is -0.189. The van der Waals surface area contributed by atoms with E-state index in [1.807, 2.05) is 18.3 Å². The van der Waals surface area contributed by atoms with Crippen molar-refractivity contribution in [3.63, 3.8) is 0 Å². The molecule has 0 fully saturated rings.